The quantitative estimate of drug-likeness (QED) is 0.900. The molecule has 8 heteroatoms. The number of nitriles is 1. The number of carbonyl (C=O) groups excluding carboxylic acids is 1. The smallest absolute Gasteiger partial charge is 0.265 e. The second-order valence-electron chi connectivity index (χ2n) is 4.84. The van der Waals surface area contributed by atoms with Gasteiger partial charge >= 0.3 is 0 Å². The monoisotopic (exact) mass is 312 g/mol. The van der Waals surface area contributed by atoms with Crippen molar-refractivity contribution in [3.8, 4) is 6.07 Å². The molecule has 1 aliphatic heterocycles. The molecule has 112 valence electrons. The average molecular weight is 312 g/mol. The lowest BCUT2D eigenvalue weighted by molar-refractivity contribution is -0.137. The normalized spacial score (nSPS) is 21.8. The fraction of sp³-hybridized carbons (Fsp3) is 0.385. The number of halogens is 1. The van der Waals surface area contributed by atoms with Gasteiger partial charge in [-0.2, -0.15) is 5.26 Å². The predicted octanol–water partition coefficient (Wildman–Crippen LogP) is 1.07. The number of amides is 1. The molecule has 0 radical (unpaired) electrons. The van der Waals surface area contributed by atoms with Crippen molar-refractivity contribution in [2.75, 3.05) is 6.61 Å². The number of hydrogen-bond donors (Lipinski definition) is 1. The molecule has 1 N–H and O–H groups in total. The molecule has 1 amide bonds. The van der Waals surface area contributed by atoms with Gasteiger partial charge in [-0.3, -0.25) is 4.79 Å². The van der Waals surface area contributed by atoms with Crippen LogP contribution in [0.5, 0.6) is 0 Å². The van der Waals surface area contributed by atoms with Gasteiger partial charge < -0.3 is 4.74 Å². The van der Waals surface area contributed by atoms with E-state index >= 15 is 0 Å². The molecular formula is C13H13FN2O4S. The van der Waals surface area contributed by atoms with Gasteiger partial charge in [-0.25, -0.2) is 17.5 Å². The number of carbonyl (C=O) groups is 1. The van der Waals surface area contributed by atoms with E-state index in [0.29, 0.717) is 19.4 Å². The van der Waals surface area contributed by atoms with Gasteiger partial charge in [0.1, 0.15) is 27.9 Å². The molecule has 1 heterocycles. The first-order valence-electron chi connectivity index (χ1n) is 6.20. The molecule has 1 aliphatic rings. The van der Waals surface area contributed by atoms with Crippen molar-refractivity contribution in [2.45, 2.75) is 30.3 Å². The molecule has 0 unspecified atom stereocenters. The number of hydrogen-bond acceptors (Lipinski definition) is 5. The molecule has 0 spiro atoms. The fourth-order valence-electron chi connectivity index (χ4n) is 2.08. The van der Waals surface area contributed by atoms with Gasteiger partial charge in [0, 0.05) is 6.61 Å². The minimum atomic E-state index is -4.34. The maximum absolute atomic E-state index is 13.5. The number of sulfonamides is 1. The topological polar surface area (TPSA) is 96.3 Å². The molecule has 0 aliphatic carbocycles. The summed E-state index contributed by atoms with van der Waals surface area (Å²) in [5.74, 6) is -1.79. The third-order valence-corrected chi connectivity index (χ3v) is 4.68. The van der Waals surface area contributed by atoms with Gasteiger partial charge in [-0.15, -0.1) is 0 Å². The summed E-state index contributed by atoms with van der Waals surface area (Å²) < 4.78 is 44.9. The number of rotatable bonds is 3. The van der Waals surface area contributed by atoms with E-state index < -0.39 is 37.8 Å². The van der Waals surface area contributed by atoms with Gasteiger partial charge in [-0.1, -0.05) is 6.07 Å². The van der Waals surface area contributed by atoms with Gasteiger partial charge in [0.2, 0.25) is 0 Å². The summed E-state index contributed by atoms with van der Waals surface area (Å²) in [5, 5.41) is 8.87. The Balaban J connectivity index is 2.34. The van der Waals surface area contributed by atoms with E-state index in [1.54, 1.807) is 0 Å². The molecule has 2 rings (SSSR count). The van der Waals surface area contributed by atoms with Crippen LogP contribution in [-0.4, -0.2) is 26.5 Å². The highest BCUT2D eigenvalue weighted by molar-refractivity contribution is 7.90. The Morgan fingerprint density at radius 1 is 1.52 bits per heavy atom. The minimum absolute atomic E-state index is 0.368. The molecule has 21 heavy (non-hydrogen) atoms. The van der Waals surface area contributed by atoms with Crippen LogP contribution >= 0.6 is 0 Å². The number of ether oxygens (including phenoxy) is 1. The Labute approximate surface area is 121 Å². The lowest BCUT2D eigenvalue weighted by Crippen LogP contribution is -2.46. The Morgan fingerprint density at radius 3 is 2.81 bits per heavy atom. The Bertz CT molecular complexity index is 718. The van der Waals surface area contributed by atoms with E-state index in [1.807, 2.05) is 4.72 Å². The second-order valence-corrected chi connectivity index (χ2v) is 6.49. The van der Waals surface area contributed by atoms with Gasteiger partial charge in [0.15, 0.2) is 0 Å². The van der Waals surface area contributed by atoms with Crippen LogP contribution in [0.1, 0.15) is 25.3 Å². The maximum atomic E-state index is 13.5. The fourth-order valence-corrected chi connectivity index (χ4v) is 3.32. The van der Waals surface area contributed by atoms with Crippen LogP contribution < -0.4 is 4.72 Å². The van der Waals surface area contributed by atoms with Crippen molar-refractivity contribution in [1.29, 1.82) is 5.26 Å². The molecule has 1 fully saturated rings. The Morgan fingerprint density at radius 2 is 2.24 bits per heavy atom. The first-order chi connectivity index (χ1) is 9.80. The molecule has 1 aromatic rings. The summed E-state index contributed by atoms with van der Waals surface area (Å²) in [4.78, 5) is 11.5. The van der Waals surface area contributed by atoms with E-state index in [1.165, 1.54) is 13.0 Å². The van der Waals surface area contributed by atoms with Crippen molar-refractivity contribution in [2.24, 2.45) is 0 Å². The van der Waals surface area contributed by atoms with Gasteiger partial charge in [-0.05, 0) is 31.9 Å². The number of nitrogens with one attached hydrogen (secondary N) is 1. The third-order valence-electron chi connectivity index (χ3n) is 3.30. The first-order valence-corrected chi connectivity index (χ1v) is 7.68. The zero-order valence-electron chi connectivity index (χ0n) is 11.2. The zero-order valence-corrected chi connectivity index (χ0v) is 12.0. The van der Waals surface area contributed by atoms with Crippen LogP contribution in [0.2, 0.25) is 0 Å². The highest BCUT2D eigenvalue weighted by atomic mass is 32.2. The van der Waals surface area contributed by atoms with Crippen molar-refractivity contribution < 1.29 is 22.3 Å². The van der Waals surface area contributed by atoms with Crippen LogP contribution in [0, 0.1) is 17.1 Å². The Kier molecular flexibility index (Phi) is 3.98. The van der Waals surface area contributed by atoms with Crippen LogP contribution in [0.15, 0.2) is 23.1 Å². The first kappa shape index (κ1) is 15.4. The summed E-state index contributed by atoms with van der Waals surface area (Å²) >= 11 is 0. The molecule has 0 aromatic heterocycles. The lowest BCUT2D eigenvalue weighted by Gasteiger charge is -2.21. The lowest BCUT2D eigenvalue weighted by atomic mass is 10.0. The molecule has 1 aromatic carbocycles. The van der Waals surface area contributed by atoms with Gasteiger partial charge in [0.25, 0.3) is 15.9 Å². The van der Waals surface area contributed by atoms with Crippen LogP contribution in [0.4, 0.5) is 4.39 Å². The molecule has 1 saturated heterocycles. The van der Waals surface area contributed by atoms with Crippen molar-refractivity contribution in [3.05, 3.63) is 29.6 Å². The predicted molar refractivity (Wildman–Crippen MR) is 70.0 cm³/mol. The van der Waals surface area contributed by atoms with E-state index in [2.05, 4.69) is 0 Å². The molecule has 0 saturated carbocycles. The molecule has 1 atom stereocenters. The van der Waals surface area contributed by atoms with E-state index in [4.69, 9.17) is 10.00 Å². The molecule has 6 nitrogen and oxygen atoms in total. The van der Waals surface area contributed by atoms with E-state index in [9.17, 15) is 17.6 Å². The van der Waals surface area contributed by atoms with Crippen molar-refractivity contribution >= 4 is 15.9 Å². The zero-order chi connectivity index (χ0) is 15.7. The maximum Gasteiger partial charge on any atom is 0.265 e. The highest BCUT2D eigenvalue weighted by Crippen LogP contribution is 2.26. The standard InChI is InChI=1S/C13H13FN2O4S/c1-13(6-3-7-20-13)12(17)16-21(18,19)11-5-2-4-10(14)9(11)8-15/h2,4-5H,3,6-7H2,1H3,(H,16,17)/t13-/m1/s1. The van der Waals surface area contributed by atoms with Crippen LogP contribution in [0.3, 0.4) is 0 Å². The summed E-state index contributed by atoms with van der Waals surface area (Å²) in [6.45, 7) is 1.86. The van der Waals surface area contributed by atoms with Crippen LogP contribution in [-0.2, 0) is 19.6 Å². The SMILES string of the molecule is C[C@]1(C(=O)NS(=O)(=O)c2cccc(F)c2C#N)CCCO1. The average Bonchev–Trinajstić information content (AvgIpc) is 2.86. The highest BCUT2D eigenvalue weighted by Gasteiger charge is 2.40. The summed E-state index contributed by atoms with van der Waals surface area (Å²) in [5.41, 5.74) is -1.86. The summed E-state index contributed by atoms with van der Waals surface area (Å²) in [7, 11) is -4.34. The van der Waals surface area contributed by atoms with Crippen LogP contribution in [0.25, 0.3) is 0 Å². The van der Waals surface area contributed by atoms with E-state index in [0.717, 1.165) is 18.2 Å². The van der Waals surface area contributed by atoms with Crippen molar-refractivity contribution in [3.63, 3.8) is 0 Å². The Hall–Kier alpha value is -1.98. The number of nitrogens with zero attached hydrogens (tertiary/aromatic N) is 1. The van der Waals surface area contributed by atoms with Crippen molar-refractivity contribution in [1.82, 2.24) is 4.72 Å². The number of benzene rings is 1. The second kappa shape index (κ2) is 5.42. The van der Waals surface area contributed by atoms with E-state index in [-0.39, 0.29) is 0 Å². The summed E-state index contributed by atoms with van der Waals surface area (Å²) in [6.07, 6.45) is 1.04. The largest absolute Gasteiger partial charge is 0.365 e. The third kappa shape index (κ3) is 2.89. The molecule has 0 bridgehead atoms. The van der Waals surface area contributed by atoms with Gasteiger partial charge in [0.05, 0.1) is 0 Å². The summed E-state index contributed by atoms with van der Waals surface area (Å²) in [6, 6.07) is 4.68. The minimum Gasteiger partial charge on any atom is -0.365 e. The molecular weight excluding hydrogens is 299 g/mol.